The fraction of sp³-hybridized carbons (Fsp3) is 0.644. The van der Waals surface area contributed by atoms with Crippen LogP contribution in [-0.2, 0) is 27.3 Å². The molecular weight excluding hydrogens is 627 g/mol. The summed E-state index contributed by atoms with van der Waals surface area (Å²) in [7, 11) is 0. The number of nitrogens with zero attached hydrogens (tertiary/aromatic N) is 2. The molecule has 0 saturated carbocycles. The molecule has 0 spiro atoms. The summed E-state index contributed by atoms with van der Waals surface area (Å²) >= 11 is 1.94. The summed E-state index contributed by atoms with van der Waals surface area (Å²) in [5, 5.41) is 2.78. The van der Waals surface area contributed by atoms with Crippen molar-refractivity contribution in [3.8, 4) is 0 Å². The molecule has 0 atom stereocenters. The zero-order valence-corrected chi connectivity index (χ0v) is 33.1. The average molecular weight is 700 g/mol. The van der Waals surface area contributed by atoms with Crippen LogP contribution in [0.1, 0.15) is 186 Å². The molecule has 1 heterocycles. The molecule has 2 nitrogen and oxygen atoms in total. The average Bonchev–Trinajstić information content (AvgIpc) is 3.38. The molecule has 272 valence electrons. The minimum atomic E-state index is 1.02. The van der Waals surface area contributed by atoms with Gasteiger partial charge in [0.2, 0.25) is 11.4 Å². The van der Waals surface area contributed by atoms with Gasteiger partial charge in [-0.1, -0.05) is 110 Å². The zero-order valence-electron chi connectivity index (χ0n) is 32.1. The molecule has 0 fully saturated rings. The Hall–Kier alpha value is -1.99. The van der Waals surface area contributed by atoms with Gasteiger partial charge in [-0.2, -0.15) is 0 Å². The zero-order chi connectivity index (χ0) is 34.8. The van der Waals surface area contributed by atoms with E-state index >= 15 is 0 Å². The third kappa shape index (κ3) is 15.3. The van der Waals surface area contributed by atoms with Gasteiger partial charge in [-0.25, -0.2) is 4.70 Å². The summed E-state index contributed by atoms with van der Waals surface area (Å²) in [5.41, 5.74) is 21.8. The standard InChI is InChI=1S/C37H54N2.2C4H9.Ni/c1-5-9-13-16-21-31-23-19-24-32(29-31)36-34(26-12-8-4)35(27-17-14-10-6-2)37(39(36)38)33-25-18-22-30(28-33)20-15-11-7-3;2*1-3-4-2;/h18-19,22-25,28-29H,5-17,20-21,26-27H2,1-4H3;2*1,3-4H2,2H3;. The van der Waals surface area contributed by atoms with Crippen LogP contribution in [0.15, 0.2) is 59.7 Å². The fourth-order valence-corrected chi connectivity index (χ4v) is 7.85. The Kier molecular flexibility index (Phi) is 23.6. The number of hydrogen-bond donors (Lipinski definition) is 0. The Morgan fingerprint density at radius 2 is 0.854 bits per heavy atom. The second-order valence-corrected chi connectivity index (χ2v) is 15.2. The van der Waals surface area contributed by atoms with Crippen molar-refractivity contribution in [2.75, 3.05) is 0 Å². The van der Waals surface area contributed by atoms with Crippen LogP contribution in [-0.4, -0.2) is 4.70 Å². The molecule has 3 rings (SSSR count). The van der Waals surface area contributed by atoms with E-state index in [2.05, 4.69) is 90.1 Å². The van der Waals surface area contributed by atoms with Gasteiger partial charge < -0.3 is 5.53 Å². The second-order valence-electron chi connectivity index (χ2n) is 13.7. The number of rotatable bonds is 25. The Morgan fingerprint density at radius 1 is 0.458 bits per heavy atom. The number of allylic oxidation sites excluding steroid dienone is 2. The SMILES string of the molecule is CCCCCCC1=C(c2cccc(CCCCC)c2)[N+](=[N-])C(c2cccc(CCCCCC)c2)=C1CCCC.CCC[CH2][Ni][CH2]CCC. The van der Waals surface area contributed by atoms with Crippen LogP contribution in [0.2, 0.25) is 10.8 Å². The summed E-state index contributed by atoms with van der Waals surface area (Å²) in [5.74, 6) is 0. The van der Waals surface area contributed by atoms with Crippen LogP contribution >= 0.6 is 0 Å². The number of benzene rings is 2. The van der Waals surface area contributed by atoms with Crippen molar-refractivity contribution in [2.45, 2.75) is 187 Å². The summed E-state index contributed by atoms with van der Waals surface area (Å²) in [6, 6.07) is 18.0. The van der Waals surface area contributed by atoms with E-state index in [4.69, 9.17) is 0 Å². The van der Waals surface area contributed by atoms with Crippen molar-refractivity contribution < 1.29 is 19.1 Å². The summed E-state index contributed by atoms with van der Waals surface area (Å²) < 4.78 is 1.57. The van der Waals surface area contributed by atoms with Crippen molar-refractivity contribution in [1.82, 2.24) is 0 Å². The monoisotopic (exact) mass is 699 g/mol. The molecule has 0 saturated heterocycles. The van der Waals surface area contributed by atoms with Crippen molar-refractivity contribution >= 4 is 11.4 Å². The topological polar surface area (TPSA) is 25.3 Å². The molecule has 0 aromatic heterocycles. The first kappa shape index (κ1) is 42.2. The van der Waals surface area contributed by atoms with E-state index in [0.29, 0.717) is 0 Å². The third-order valence-corrected chi connectivity index (χ3v) is 10.8. The molecule has 3 heteroatoms. The van der Waals surface area contributed by atoms with E-state index in [-0.39, 0.29) is 0 Å². The first-order valence-electron chi connectivity index (χ1n) is 20.1. The number of unbranched alkanes of at least 4 members (excludes halogenated alkanes) is 11. The van der Waals surface area contributed by atoms with Crippen molar-refractivity contribution in [1.29, 1.82) is 0 Å². The predicted molar refractivity (Wildman–Crippen MR) is 209 cm³/mol. The Labute approximate surface area is 304 Å². The Balaban J connectivity index is 0.000000778. The van der Waals surface area contributed by atoms with Crippen molar-refractivity contribution in [2.24, 2.45) is 0 Å². The molecule has 0 unspecified atom stereocenters. The molecule has 48 heavy (non-hydrogen) atoms. The molecule has 1 aliphatic heterocycles. The van der Waals surface area contributed by atoms with Gasteiger partial charge in [-0.3, -0.25) is 0 Å². The molecule has 0 radical (unpaired) electrons. The van der Waals surface area contributed by atoms with Gasteiger partial charge in [0.25, 0.3) is 0 Å². The van der Waals surface area contributed by atoms with Gasteiger partial charge in [0.15, 0.2) is 0 Å². The van der Waals surface area contributed by atoms with Gasteiger partial charge in [0.1, 0.15) is 0 Å². The fourth-order valence-electron chi connectivity index (χ4n) is 6.41. The van der Waals surface area contributed by atoms with E-state index in [0.717, 1.165) is 61.0 Å². The molecule has 0 aliphatic carbocycles. The molecule has 0 bridgehead atoms. The summed E-state index contributed by atoms with van der Waals surface area (Å²) in [6.45, 7) is 13.6. The number of aryl methyl sites for hydroxylation is 2. The molecule has 1 aliphatic rings. The second kappa shape index (κ2) is 26.8. The summed E-state index contributed by atoms with van der Waals surface area (Å²) in [4.78, 5) is 0. The quantitative estimate of drug-likeness (QED) is 0.0560. The normalized spacial score (nSPS) is 13.1. The van der Waals surface area contributed by atoms with Crippen LogP contribution in [0.4, 0.5) is 0 Å². The van der Waals surface area contributed by atoms with Crippen LogP contribution in [0.3, 0.4) is 0 Å². The maximum atomic E-state index is 12.0. The molecule has 2 aromatic rings. The number of hydrogen-bond acceptors (Lipinski definition) is 0. The van der Waals surface area contributed by atoms with Gasteiger partial charge in [0, 0.05) is 22.3 Å². The molecule has 0 amide bonds. The van der Waals surface area contributed by atoms with Crippen molar-refractivity contribution in [3.63, 3.8) is 0 Å². The minimum absolute atomic E-state index is 1.02. The van der Waals surface area contributed by atoms with Crippen LogP contribution in [0.25, 0.3) is 16.9 Å². The van der Waals surface area contributed by atoms with E-state index in [1.165, 1.54) is 129 Å². The Morgan fingerprint density at radius 3 is 1.31 bits per heavy atom. The molecular formula is C45H72N2Ni. The third-order valence-electron chi connectivity index (χ3n) is 9.36. The van der Waals surface area contributed by atoms with Crippen LogP contribution in [0, 0.1) is 0 Å². The van der Waals surface area contributed by atoms with Gasteiger partial charge in [0.05, 0.1) is 0 Å². The van der Waals surface area contributed by atoms with E-state index < -0.39 is 0 Å². The van der Waals surface area contributed by atoms with E-state index in [9.17, 15) is 5.53 Å². The molecule has 0 N–H and O–H groups in total. The predicted octanol–water partition coefficient (Wildman–Crippen LogP) is 15.4. The molecule has 2 aromatic carbocycles. The van der Waals surface area contributed by atoms with Crippen LogP contribution in [0.5, 0.6) is 0 Å². The first-order chi connectivity index (χ1) is 23.6. The first-order valence-corrected chi connectivity index (χ1v) is 21.5. The maximum absolute atomic E-state index is 12.0. The van der Waals surface area contributed by atoms with Gasteiger partial charge >= 0.3 is 64.8 Å². The Bertz CT molecular complexity index is 1220. The van der Waals surface area contributed by atoms with Gasteiger partial charge in [-0.05, 0) is 86.8 Å². The van der Waals surface area contributed by atoms with Gasteiger partial charge in [-0.15, -0.1) is 0 Å². The van der Waals surface area contributed by atoms with Crippen molar-refractivity contribution in [3.05, 3.63) is 87.5 Å². The van der Waals surface area contributed by atoms with E-state index in [1.807, 2.05) is 14.4 Å². The summed E-state index contributed by atoms with van der Waals surface area (Å²) in [6.07, 6.45) is 25.9. The van der Waals surface area contributed by atoms with Crippen LogP contribution < -0.4 is 0 Å². The van der Waals surface area contributed by atoms with E-state index in [1.54, 1.807) is 4.70 Å².